The summed E-state index contributed by atoms with van der Waals surface area (Å²) in [6.45, 7) is 5.91. The zero-order chi connectivity index (χ0) is 17.7. The summed E-state index contributed by atoms with van der Waals surface area (Å²) < 4.78 is 16.6. The molecule has 0 aliphatic carbocycles. The number of carboxylic acid groups (broad SMARTS) is 1. The van der Waals surface area contributed by atoms with Crippen molar-refractivity contribution >= 4 is 11.9 Å². The van der Waals surface area contributed by atoms with E-state index in [1.54, 1.807) is 24.3 Å². The molecule has 0 radical (unpaired) electrons. The Bertz CT molecular complexity index is 595. The smallest absolute Gasteiger partial charge is 0.326 e. The number of rotatable bonds is 6. The van der Waals surface area contributed by atoms with Crippen LogP contribution in [-0.4, -0.2) is 47.9 Å². The number of amides is 1. The summed E-state index contributed by atoms with van der Waals surface area (Å²) in [7, 11) is 0. The highest BCUT2D eigenvalue weighted by molar-refractivity contribution is 5.86. The SMILES string of the molecule is CC(C)(C)OCCC(NC(=O)C1COc2ccccc2O1)C(=O)O. The molecule has 7 nitrogen and oxygen atoms in total. The Morgan fingerprint density at radius 2 is 2.00 bits per heavy atom. The van der Waals surface area contributed by atoms with Crippen molar-refractivity contribution in [3.63, 3.8) is 0 Å². The van der Waals surface area contributed by atoms with E-state index >= 15 is 0 Å². The lowest BCUT2D eigenvalue weighted by Gasteiger charge is -2.27. The van der Waals surface area contributed by atoms with E-state index in [4.69, 9.17) is 14.2 Å². The Labute approximate surface area is 140 Å². The Balaban J connectivity index is 1.90. The molecule has 2 N–H and O–H groups in total. The van der Waals surface area contributed by atoms with E-state index in [2.05, 4.69) is 5.32 Å². The molecule has 132 valence electrons. The molecular formula is C17H23NO6. The highest BCUT2D eigenvalue weighted by atomic mass is 16.6. The Hall–Kier alpha value is -2.28. The predicted molar refractivity (Wildman–Crippen MR) is 86.2 cm³/mol. The third-order valence-electron chi connectivity index (χ3n) is 3.36. The molecule has 1 amide bonds. The van der Waals surface area contributed by atoms with Crippen molar-refractivity contribution in [2.45, 2.75) is 44.9 Å². The minimum absolute atomic E-state index is 0.0354. The first kappa shape index (κ1) is 18.1. The first-order valence-electron chi connectivity index (χ1n) is 7.82. The number of nitrogens with one attached hydrogen (secondary N) is 1. The predicted octanol–water partition coefficient (Wildman–Crippen LogP) is 1.60. The van der Waals surface area contributed by atoms with Crippen molar-refractivity contribution in [2.75, 3.05) is 13.2 Å². The zero-order valence-electron chi connectivity index (χ0n) is 14.1. The number of carbonyl (C=O) groups is 2. The van der Waals surface area contributed by atoms with E-state index in [0.717, 1.165) is 0 Å². The van der Waals surface area contributed by atoms with Gasteiger partial charge in [0.2, 0.25) is 6.10 Å². The lowest BCUT2D eigenvalue weighted by atomic mass is 10.1. The van der Waals surface area contributed by atoms with E-state index in [1.807, 2.05) is 20.8 Å². The van der Waals surface area contributed by atoms with E-state index in [-0.39, 0.29) is 25.2 Å². The lowest BCUT2D eigenvalue weighted by molar-refractivity contribution is -0.144. The molecule has 1 heterocycles. The molecule has 24 heavy (non-hydrogen) atoms. The van der Waals surface area contributed by atoms with Crippen molar-refractivity contribution in [3.05, 3.63) is 24.3 Å². The van der Waals surface area contributed by atoms with Crippen LogP contribution in [0.25, 0.3) is 0 Å². The number of carboxylic acids is 1. The summed E-state index contributed by atoms with van der Waals surface area (Å²) in [4.78, 5) is 23.6. The number of fused-ring (bicyclic) bond motifs is 1. The third-order valence-corrected chi connectivity index (χ3v) is 3.36. The van der Waals surface area contributed by atoms with Crippen molar-refractivity contribution in [1.82, 2.24) is 5.32 Å². The van der Waals surface area contributed by atoms with Gasteiger partial charge in [0.05, 0.1) is 5.60 Å². The van der Waals surface area contributed by atoms with Crippen molar-refractivity contribution < 1.29 is 28.9 Å². The van der Waals surface area contributed by atoms with Crippen LogP contribution in [-0.2, 0) is 14.3 Å². The first-order valence-corrected chi connectivity index (χ1v) is 7.82. The van der Waals surface area contributed by atoms with Gasteiger partial charge in [-0.05, 0) is 32.9 Å². The van der Waals surface area contributed by atoms with Crippen LogP contribution in [0.1, 0.15) is 27.2 Å². The molecule has 1 aromatic rings. The quantitative estimate of drug-likeness (QED) is 0.819. The minimum atomic E-state index is -1.11. The van der Waals surface area contributed by atoms with Crippen molar-refractivity contribution in [2.24, 2.45) is 0 Å². The van der Waals surface area contributed by atoms with Gasteiger partial charge in [0.1, 0.15) is 12.6 Å². The molecule has 0 fully saturated rings. The second-order valence-corrected chi connectivity index (χ2v) is 6.51. The van der Waals surface area contributed by atoms with Crippen LogP contribution >= 0.6 is 0 Å². The average molecular weight is 337 g/mol. The molecule has 0 saturated carbocycles. The molecule has 1 aliphatic rings. The molecule has 0 spiro atoms. The maximum absolute atomic E-state index is 12.3. The number of carbonyl (C=O) groups excluding carboxylic acids is 1. The molecule has 7 heteroatoms. The third kappa shape index (κ3) is 5.13. The molecule has 0 aromatic heterocycles. The normalized spacial score (nSPS) is 17.9. The van der Waals surface area contributed by atoms with Crippen LogP contribution < -0.4 is 14.8 Å². The molecular weight excluding hydrogens is 314 g/mol. The molecule has 2 rings (SSSR count). The lowest BCUT2D eigenvalue weighted by Crippen LogP contribution is -2.50. The van der Waals surface area contributed by atoms with E-state index in [9.17, 15) is 14.7 Å². The fourth-order valence-electron chi connectivity index (χ4n) is 2.15. The van der Waals surface area contributed by atoms with Gasteiger partial charge in [-0.1, -0.05) is 12.1 Å². The zero-order valence-corrected chi connectivity index (χ0v) is 14.1. The molecule has 2 atom stereocenters. The summed E-state index contributed by atoms with van der Waals surface area (Å²) in [5, 5.41) is 11.7. The molecule has 1 aliphatic heterocycles. The van der Waals surface area contributed by atoms with Gasteiger partial charge in [-0.25, -0.2) is 4.79 Å². The van der Waals surface area contributed by atoms with Crippen LogP contribution in [0.15, 0.2) is 24.3 Å². The van der Waals surface area contributed by atoms with E-state index in [1.165, 1.54) is 0 Å². The van der Waals surface area contributed by atoms with Gasteiger partial charge < -0.3 is 24.6 Å². The maximum Gasteiger partial charge on any atom is 0.326 e. The topological polar surface area (TPSA) is 94.1 Å². The number of hydrogen-bond acceptors (Lipinski definition) is 5. The van der Waals surface area contributed by atoms with Crippen LogP contribution in [0.3, 0.4) is 0 Å². The average Bonchev–Trinajstić information content (AvgIpc) is 2.52. The molecule has 1 aromatic carbocycles. The van der Waals surface area contributed by atoms with E-state index < -0.39 is 24.0 Å². The van der Waals surface area contributed by atoms with Gasteiger partial charge >= 0.3 is 5.97 Å². The van der Waals surface area contributed by atoms with Crippen molar-refractivity contribution in [3.8, 4) is 11.5 Å². The minimum Gasteiger partial charge on any atom is -0.485 e. The van der Waals surface area contributed by atoms with Gasteiger partial charge in [0.15, 0.2) is 11.5 Å². The highest BCUT2D eigenvalue weighted by Crippen LogP contribution is 2.30. The monoisotopic (exact) mass is 337 g/mol. The van der Waals surface area contributed by atoms with Gasteiger partial charge in [0.25, 0.3) is 5.91 Å². The number of aliphatic carboxylic acids is 1. The highest BCUT2D eigenvalue weighted by Gasteiger charge is 2.30. The summed E-state index contributed by atoms with van der Waals surface area (Å²) >= 11 is 0. The van der Waals surface area contributed by atoms with Gasteiger partial charge in [-0.3, -0.25) is 4.79 Å². The Kier molecular flexibility index (Phi) is 5.66. The summed E-state index contributed by atoms with van der Waals surface area (Å²) in [5.41, 5.74) is -0.364. The van der Waals surface area contributed by atoms with E-state index in [0.29, 0.717) is 11.5 Å². The van der Waals surface area contributed by atoms with Gasteiger partial charge in [-0.2, -0.15) is 0 Å². The first-order chi connectivity index (χ1) is 11.3. The summed E-state index contributed by atoms with van der Waals surface area (Å²) in [6, 6.07) is 5.97. The second-order valence-electron chi connectivity index (χ2n) is 6.51. The summed E-state index contributed by atoms with van der Waals surface area (Å²) in [5.74, 6) is -0.604. The van der Waals surface area contributed by atoms with Gasteiger partial charge in [-0.15, -0.1) is 0 Å². The largest absolute Gasteiger partial charge is 0.485 e. The van der Waals surface area contributed by atoms with Crippen LogP contribution in [0.4, 0.5) is 0 Å². The number of para-hydroxylation sites is 2. The second kappa shape index (κ2) is 7.53. The fraction of sp³-hybridized carbons (Fsp3) is 0.529. The van der Waals surface area contributed by atoms with Gasteiger partial charge in [0, 0.05) is 13.0 Å². The fourth-order valence-corrected chi connectivity index (χ4v) is 2.15. The standard InChI is InChI=1S/C17H23NO6/c1-17(2,3)23-9-8-11(16(20)21)18-15(19)14-10-22-12-6-4-5-7-13(12)24-14/h4-7,11,14H,8-10H2,1-3H3,(H,18,19)(H,20,21). The van der Waals surface area contributed by atoms with Crippen LogP contribution in [0, 0.1) is 0 Å². The molecule has 0 saturated heterocycles. The van der Waals surface area contributed by atoms with Crippen molar-refractivity contribution in [1.29, 1.82) is 0 Å². The maximum atomic E-state index is 12.3. The molecule has 2 unspecified atom stereocenters. The Morgan fingerprint density at radius 3 is 2.62 bits per heavy atom. The van der Waals surface area contributed by atoms with Crippen LogP contribution in [0.2, 0.25) is 0 Å². The number of benzene rings is 1. The molecule has 0 bridgehead atoms. The number of hydrogen-bond donors (Lipinski definition) is 2. The Morgan fingerprint density at radius 1 is 1.33 bits per heavy atom. The van der Waals surface area contributed by atoms with Crippen LogP contribution in [0.5, 0.6) is 11.5 Å². The summed E-state index contributed by atoms with van der Waals surface area (Å²) in [6.07, 6.45) is -0.715. The number of ether oxygens (including phenoxy) is 3.